The van der Waals surface area contributed by atoms with Crippen LogP contribution < -0.4 is 10.2 Å². The second kappa shape index (κ2) is 9.69. The van der Waals surface area contributed by atoms with E-state index in [0.29, 0.717) is 18.1 Å². The van der Waals surface area contributed by atoms with Crippen molar-refractivity contribution in [3.63, 3.8) is 0 Å². The maximum atomic E-state index is 13.2. The van der Waals surface area contributed by atoms with Gasteiger partial charge >= 0.3 is 0 Å². The first kappa shape index (κ1) is 21.0. The number of aromatic nitrogens is 1. The van der Waals surface area contributed by atoms with Crippen LogP contribution in [-0.2, 0) is 9.59 Å². The standard InChI is InChI=1S/C22H30N4O3/c1-4-25(5-2)11-12-26(15-21(27)23-20-13-16(3)29-24-20)22(28)19-14-18(19)17-9-7-6-8-10-17/h6-10,13,18-19H,4-5,11-12,14-15H2,1-3H3,(H,23,24,27)/p+1/t18-,19-/m0/s1. The van der Waals surface area contributed by atoms with E-state index in [1.54, 1.807) is 17.9 Å². The third kappa shape index (κ3) is 5.67. The number of amides is 2. The molecular weight excluding hydrogens is 368 g/mol. The maximum Gasteiger partial charge on any atom is 0.245 e. The molecule has 3 rings (SSSR count). The van der Waals surface area contributed by atoms with E-state index in [1.807, 2.05) is 18.2 Å². The predicted octanol–water partition coefficient (Wildman–Crippen LogP) is 1.48. The molecule has 7 nitrogen and oxygen atoms in total. The van der Waals surface area contributed by atoms with Crippen LogP contribution in [0.1, 0.15) is 37.5 Å². The molecular formula is C22H31N4O3+. The molecule has 7 heteroatoms. The molecule has 1 aromatic carbocycles. The second-order valence-corrected chi connectivity index (χ2v) is 7.70. The lowest BCUT2D eigenvalue weighted by Crippen LogP contribution is -3.12. The number of rotatable bonds is 10. The smallest absolute Gasteiger partial charge is 0.245 e. The van der Waals surface area contributed by atoms with Crippen LogP contribution in [0.5, 0.6) is 0 Å². The van der Waals surface area contributed by atoms with E-state index >= 15 is 0 Å². The number of hydrogen-bond acceptors (Lipinski definition) is 4. The SMILES string of the molecule is CC[NH+](CC)CCN(CC(=O)Nc1cc(C)on1)C(=O)[C@H]1C[C@H]1c1ccccc1. The number of nitrogens with one attached hydrogen (secondary N) is 2. The number of carbonyl (C=O) groups excluding carboxylic acids is 2. The monoisotopic (exact) mass is 399 g/mol. The van der Waals surface area contributed by atoms with Gasteiger partial charge in [0.1, 0.15) is 12.3 Å². The van der Waals surface area contributed by atoms with Gasteiger partial charge < -0.3 is 19.6 Å². The summed E-state index contributed by atoms with van der Waals surface area (Å²) in [4.78, 5) is 28.8. The number of anilines is 1. The molecule has 1 heterocycles. The van der Waals surface area contributed by atoms with Gasteiger partial charge in [0, 0.05) is 12.0 Å². The van der Waals surface area contributed by atoms with Crippen LogP contribution >= 0.6 is 0 Å². The van der Waals surface area contributed by atoms with Gasteiger partial charge in [0.2, 0.25) is 11.8 Å². The van der Waals surface area contributed by atoms with Gasteiger partial charge in [-0.2, -0.15) is 0 Å². The fourth-order valence-corrected chi connectivity index (χ4v) is 3.72. The third-order valence-corrected chi connectivity index (χ3v) is 5.61. The maximum absolute atomic E-state index is 13.2. The topological polar surface area (TPSA) is 79.9 Å². The highest BCUT2D eigenvalue weighted by atomic mass is 16.5. The van der Waals surface area contributed by atoms with Gasteiger partial charge in [-0.15, -0.1) is 0 Å². The first-order valence-electron chi connectivity index (χ1n) is 10.4. The Bertz CT molecular complexity index is 816. The molecule has 1 aromatic heterocycles. The molecule has 1 saturated carbocycles. The fourth-order valence-electron chi connectivity index (χ4n) is 3.72. The zero-order valence-corrected chi connectivity index (χ0v) is 17.5. The Morgan fingerprint density at radius 3 is 2.59 bits per heavy atom. The molecule has 0 bridgehead atoms. The quantitative estimate of drug-likeness (QED) is 0.634. The van der Waals surface area contributed by atoms with Gasteiger partial charge in [-0.3, -0.25) is 9.59 Å². The van der Waals surface area contributed by atoms with Crippen LogP contribution in [0.25, 0.3) is 0 Å². The van der Waals surface area contributed by atoms with Crippen LogP contribution in [0.4, 0.5) is 5.82 Å². The molecule has 2 N–H and O–H groups in total. The average molecular weight is 400 g/mol. The van der Waals surface area contributed by atoms with E-state index in [-0.39, 0.29) is 30.2 Å². The number of likely N-dealkylation sites (N-methyl/N-ethyl adjacent to an activating group) is 1. The summed E-state index contributed by atoms with van der Waals surface area (Å²) in [6.07, 6.45) is 0.849. The molecule has 1 fully saturated rings. The number of carbonyl (C=O) groups is 2. The lowest BCUT2D eigenvalue weighted by atomic mass is 10.1. The first-order valence-corrected chi connectivity index (χ1v) is 10.4. The molecule has 2 atom stereocenters. The molecule has 0 radical (unpaired) electrons. The summed E-state index contributed by atoms with van der Waals surface area (Å²) in [6.45, 7) is 9.47. The van der Waals surface area contributed by atoms with Crippen molar-refractivity contribution in [3.05, 3.63) is 47.7 Å². The highest BCUT2D eigenvalue weighted by Crippen LogP contribution is 2.48. The van der Waals surface area contributed by atoms with Crippen molar-refractivity contribution in [2.45, 2.75) is 33.1 Å². The molecule has 0 spiro atoms. The summed E-state index contributed by atoms with van der Waals surface area (Å²) in [7, 11) is 0. The number of aryl methyl sites for hydroxylation is 1. The van der Waals surface area contributed by atoms with E-state index in [4.69, 9.17) is 4.52 Å². The Balaban J connectivity index is 1.63. The van der Waals surface area contributed by atoms with Gasteiger partial charge in [0.25, 0.3) is 0 Å². The van der Waals surface area contributed by atoms with Crippen LogP contribution in [0.2, 0.25) is 0 Å². The molecule has 1 aliphatic carbocycles. The summed E-state index contributed by atoms with van der Waals surface area (Å²) in [6, 6.07) is 11.8. The Morgan fingerprint density at radius 1 is 1.24 bits per heavy atom. The van der Waals surface area contributed by atoms with E-state index in [9.17, 15) is 9.59 Å². The van der Waals surface area contributed by atoms with Crippen molar-refractivity contribution < 1.29 is 19.0 Å². The normalized spacial score (nSPS) is 17.9. The van der Waals surface area contributed by atoms with Crippen molar-refractivity contribution >= 4 is 17.6 Å². The van der Waals surface area contributed by atoms with E-state index in [2.05, 4.69) is 36.5 Å². The van der Waals surface area contributed by atoms with E-state index < -0.39 is 0 Å². The Kier molecular flexibility index (Phi) is 7.04. The minimum absolute atomic E-state index is 0.0312. The summed E-state index contributed by atoms with van der Waals surface area (Å²) in [5.74, 6) is 1.04. The largest absolute Gasteiger partial charge is 0.360 e. The second-order valence-electron chi connectivity index (χ2n) is 7.70. The number of hydrogen-bond donors (Lipinski definition) is 2. The molecule has 29 heavy (non-hydrogen) atoms. The first-order chi connectivity index (χ1) is 14.0. The van der Waals surface area contributed by atoms with E-state index in [0.717, 1.165) is 26.1 Å². The van der Waals surface area contributed by atoms with E-state index in [1.165, 1.54) is 10.5 Å². The average Bonchev–Trinajstić information content (AvgIpc) is 3.43. The van der Waals surface area contributed by atoms with Gasteiger partial charge in [-0.25, -0.2) is 0 Å². The molecule has 2 aromatic rings. The Morgan fingerprint density at radius 2 is 1.97 bits per heavy atom. The van der Waals surface area contributed by atoms with Crippen molar-refractivity contribution in [2.75, 3.05) is 38.0 Å². The van der Waals surface area contributed by atoms with Crippen LogP contribution in [-0.4, -0.2) is 54.6 Å². The predicted molar refractivity (Wildman–Crippen MR) is 111 cm³/mol. The third-order valence-electron chi connectivity index (χ3n) is 5.61. The molecule has 0 aliphatic heterocycles. The number of nitrogens with zero attached hydrogens (tertiary/aromatic N) is 2. The Labute approximate surface area is 172 Å². The van der Waals surface area contributed by atoms with Crippen LogP contribution in [0.3, 0.4) is 0 Å². The zero-order valence-electron chi connectivity index (χ0n) is 17.5. The summed E-state index contributed by atoms with van der Waals surface area (Å²) in [5.41, 5.74) is 1.20. The molecule has 2 amide bonds. The number of benzene rings is 1. The van der Waals surface area contributed by atoms with Crippen molar-refractivity contribution in [3.8, 4) is 0 Å². The van der Waals surface area contributed by atoms with Crippen molar-refractivity contribution in [1.29, 1.82) is 0 Å². The molecule has 0 saturated heterocycles. The molecule has 0 unspecified atom stereocenters. The Hall–Kier alpha value is -2.67. The molecule has 1 aliphatic rings. The van der Waals surface area contributed by atoms with Crippen LogP contribution in [0, 0.1) is 12.8 Å². The summed E-state index contributed by atoms with van der Waals surface area (Å²) < 4.78 is 4.99. The van der Waals surface area contributed by atoms with Gasteiger partial charge in [-0.05, 0) is 38.7 Å². The summed E-state index contributed by atoms with van der Waals surface area (Å²) >= 11 is 0. The summed E-state index contributed by atoms with van der Waals surface area (Å²) in [5, 5.41) is 6.51. The number of quaternary nitrogens is 1. The van der Waals surface area contributed by atoms with Gasteiger partial charge in [-0.1, -0.05) is 35.5 Å². The lowest BCUT2D eigenvalue weighted by Gasteiger charge is -2.24. The minimum atomic E-state index is -0.252. The zero-order chi connectivity index (χ0) is 20.8. The highest BCUT2D eigenvalue weighted by molar-refractivity contribution is 5.94. The van der Waals surface area contributed by atoms with Gasteiger partial charge in [0.05, 0.1) is 26.2 Å². The van der Waals surface area contributed by atoms with Crippen LogP contribution in [0.15, 0.2) is 40.9 Å². The lowest BCUT2D eigenvalue weighted by molar-refractivity contribution is -0.895. The fraction of sp³-hybridized carbons (Fsp3) is 0.500. The van der Waals surface area contributed by atoms with Gasteiger partial charge in [0.15, 0.2) is 5.82 Å². The van der Waals surface area contributed by atoms with Crippen molar-refractivity contribution in [2.24, 2.45) is 5.92 Å². The molecule has 156 valence electrons. The highest BCUT2D eigenvalue weighted by Gasteiger charge is 2.46. The van der Waals surface area contributed by atoms with Crippen molar-refractivity contribution in [1.82, 2.24) is 10.1 Å². The minimum Gasteiger partial charge on any atom is -0.360 e.